The highest BCUT2D eigenvalue weighted by Gasteiger charge is 2.03. The average Bonchev–Trinajstić information content (AvgIpc) is 3.20. The fourth-order valence-corrected chi connectivity index (χ4v) is 3.79. The minimum atomic E-state index is 0.848. The van der Waals surface area contributed by atoms with E-state index in [0.717, 1.165) is 29.5 Å². The molecule has 0 unspecified atom stereocenters. The number of thiophene rings is 1. The number of benzene rings is 2. The first-order chi connectivity index (χ1) is 13.3. The third-order valence-corrected chi connectivity index (χ3v) is 5.43. The third kappa shape index (κ3) is 4.19. The van der Waals surface area contributed by atoms with Crippen molar-refractivity contribution in [3.63, 3.8) is 0 Å². The summed E-state index contributed by atoms with van der Waals surface area (Å²) in [6, 6.07) is 18.9. The Labute approximate surface area is 163 Å². The lowest BCUT2D eigenvalue weighted by Crippen LogP contribution is -1.85. The van der Waals surface area contributed by atoms with Crippen LogP contribution in [0, 0.1) is 11.8 Å². The summed E-state index contributed by atoms with van der Waals surface area (Å²) in [5, 5.41) is 4.51. The van der Waals surface area contributed by atoms with Crippen molar-refractivity contribution in [2.45, 2.75) is 12.8 Å². The van der Waals surface area contributed by atoms with Crippen molar-refractivity contribution in [2.24, 2.45) is 0 Å². The topological polar surface area (TPSA) is 22.1 Å². The van der Waals surface area contributed by atoms with Gasteiger partial charge in [-0.1, -0.05) is 36.1 Å². The zero-order chi connectivity index (χ0) is 18.5. The minimum Gasteiger partial charge on any atom is -0.497 e. The van der Waals surface area contributed by atoms with Crippen molar-refractivity contribution in [1.82, 2.24) is 4.98 Å². The summed E-state index contributed by atoms with van der Waals surface area (Å²) in [6.45, 7) is 0. The Morgan fingerprint density at radius 3 is 2.74 bits per heavy atom. The molecule has 2 heterocycles. The van der Waals surface area contributed by atoms with Gasteiger partial charge in [0.1, 0.15) is 5.75 Å². The maximum atomic E-state index is 5.19. The first kappa shape index (κ1) is 17.3. The van der Waals surface area contributed by atoms with Gasteiger partial charge in [0.05, 0.1) is 7.11 Å². The van der Waals surface area contributed by atoms with E-state index in [9.17, 15) is 0 Å². The highest BCUT2D eigenvalue weighted by molar-refractivity contribution is 7.13. The van der Waals surface area contributed by atoms with Crippen LogP contribution >= 0.6 is 11.3 Å². The smallest absolute Gasteiger partial charge is 0.118 e. The fraction of sp³-hybridized carbons (Fsp3) is 0.125. The molecular weight excluding hydrogens is 350 g/mol. The molecule has 0 amide bonds. The van der Waals surface area contributed by atoms with E-state index in [1.165, 1.54) is 21.4 Å². The molecule has 132 valence electrons. The quantitative estimate of drug-likeness (QED) is 0.414. The molecule has 2 nitrogen and oxygen atoms in total. The van der Waals surface area contributed by atoms with Crippen LogP contribution in [0.1, 0.15) is 17.5 Å². The molecule has 0 N–H and O–H groups in total. The molecule has 0 saturated carbocycles. The number of aromatic nitrogens is 1. The lowest BCUT2D eigenvalue weighted by molar-refractivity contribution is 0.414. The van der Waals surface area contributed by atoms with Gasteiger partial charge in [-0.05, 0) is 53.3 Å². The van der Waals surface area contributed by atoms with Gasteiger partial charge >= 0.3 is 0 Å². The van der Waals surface area contributed by atoms with E-state index < -0.39 is 0 Å². The van der Waals surface area contributed by atoms with Crippen LogP contribution in [0.3, 0.4) is 0 Å². The SMILES string of the molecule is COc1ccc(CCC#Cc2csc(-c3ccc4cnccc4c3)c2)cc1. The van der Waals surface area contributed by atoms with E-state index in [2.05, 4.69) is 58.6 Å². The first-order valence-corrected chi connectivity index (χ1v) is 9.74. The molecule has 4 rings (SSSR count). The van der Waals surface area contributed by atoms with E-state index in [1.54, 1.807) is 18.4 Å². The fourth-order valence-electron chi connectivity index (χ4n) is 2.95. The normalized spacial score (nSPS) is 10.4. The molecule has 3 heteroatoms. The second-order valence-corrected chi connectivity index (χ2v) is 7.20. The summed E-state index contributed by atoms with van der Waals surface area (Å²) in [6.07, 6.45) is 5.53. The van der Waals surface area contributed by atoms with Crippen molar-refractivity contribution in [1.29, 1.82) is 0 Å². The summed E-state index contributed by atoms with van der Waals surface area (Å²) in [5.74, 6) is 7.47. The number of aryl methyl sites for hydroxylation is 1. The predicted octanol–water partition coefficient (Wildman–Crippen LogP) is 5.96. The first-order valence-electron chi connectivity index (χ1n) is 8.86. The molecule has 0 aliphatic heterocycles. The summed E-state index contributed by atoms with van der Waals surface area (Å²) in [7, 11) is 1.69. The van der Waals surface area contributed by atoms with Gasteiger partial charge in [-0.3, -0.25) is 4.98 Å². The van der Waals surface area contributed by atoms with E-state index in [0.29, 0.717) is 0 Å². The van der Waals surface area contributed by atoms with Gasteiger partial charge < -0.3 is 4.74 Å². The Morgan fingerprint density at radius 1 is 1.00 bits per heavy atom. The van der Waals surface area contributed by atoms with Gasteiger partial charge in [0.2, 0.25) is 0 Å². The van der Waals surface area contributed by atoms with Crippen LogP contribution in [-0.2, 0) is 6.42 Å². The van der Waals surface area contributed by atoms with E-state index in [1.807, 2.05) is 30.6 Å². The monoisotopic (exact) mass is 369 g/mol. The molecule has 0 aliphatic rings. The highest BCUT2D eigenvalue weighted by Crippen LogP contribution is 2.29. The molecule has 0 bridgehead atoms. The third-order valence-electron chi connectivity index (χ3n) is 4.45. The number of nitrogens with zero attached hydrogens (tertiary/aromatic N) is 1. The lowest BCUT2D eigenvalue weighted by Gasteiger charge is -2.00. The van der Waals surface area contributed by atoms with Gasteiger partial charge in [-0.2, -0.15) is 0 Å². The number of fused-ring (bicyclic) bond motifs is 1. The van der Waals surface area contributed by atoms with Crippen LogP contribution in [0.4, 0.5) is 0 Å². The zero-order valence-electron chi connectivity index (χ0n) is 15.1. The van der Waals surface area contributed by atoms with Crippen LogP contribution < -0.4 is 4.74 Å². The predicted molar refractivity (Wildman–Crippen MR) is 113 cm³/mol. The van der Waals surface area contributed by atoms with E-state index >= 15 is 0 Å². The average molecular weight is 369 g/mol. The van der Waals surface area contributed by atoms with Crippen LogP contribution in [0.15, 0.2) is 72.4 Å². The van der Waals surface area contributed by atoms with E-state index in [4.69, 9.17) is 4.74 Å². The molecule has 4 aromatic rings. The summed E-state index contributed by atoms with van der Waals surface area (Å²) in [5.41, 5.74) is 3.59. The summed E-state index contributed by atoms with van der Waals surface area (Å²) >= 11 is 1.74. The number of hydrogen-bond donors (Lipinski definition) is 0. The Bertz CT molecular complexity index is 1120. The Kier molecular flexibility index (Phi) is 5.18. The number of ether oxygens (including phenoxy) is 1. The van der Waals surface area contributed by atoms with Gasteiger partial charge in [-0.25, -0.2) is 0 Å². The molecule has 0 atom stereocenters. The Hall–Kier alpha value is -3.09. The Morgan fingerprint density at radius 2 is 1.89 bits per heavy atom. The molecule has 2 aromatic heterocycles. The molecule has 0 saturated heterocycles. The second kappa shape index (κ2) is 8.07. The molecular formula is C24H19NOS. The van der Waals surface area contributed by atoms with Gasteiger partial charge in [0, 0.05) is 40.0 Å². The number of hydrogen-bond acceptors (Lipinski definition) is 3. The maximum absolute atomic E-state index is 5.19. The molecule has 0 radical (unpaired) electrons. The van der Waals surface area contributed by atoms with Gasteiger partial charge in [0.15, 0.2) is 0 Å². The van der Waals surface area contributed by atoms with Crippen molar-refractivity contribution in [2.75, 3.05) is 7.11 Å². The van der Waals surface area contributed by atoms with Crippen molar-refractivity contribution < 1.29 is 4.74 Å². The lowest BCUT2D eigenvalue weighted by atomic mass is 10.1. The summed E-state index contributed by atoms with van der Waals surface area (Å²) < 4.78 is 5.19. The zero-order valence-corrected chi connectivity index (χ0v) is 15.9. The maximum Gasteiger partial charge on any atom is 0.118 e. The Balaban J connectivity index is 1.42. The molecule has 0 spiro atoms. The highest BCUT2D eigenvalue weighted by atomic mass is 32.1. The van der Waals surface area contributed by atoms with E-state index in [-0.39, 0.29) is 0 Å². The van der Waals surface area contributed by atoms with Crippen LogP contribution in [-0.4, -0.2) is 12.1 Å². The van der Waals surface area contributed by atoms with Crippen LogP contribution in [0.5, 0.6) is 5.75 Å². The molecule has 0 aliphatic carbocycles. The van der Waals surface area contributed by atoms with Gasteiger partial charge in [-0.15, -0.1) is 11.3 Å². The number of rotatable bonds is 4. The van der Waals surface area contributed by atoms with Gasteiger partial charge in [0.25, 0.3) is 0 Å². The van der Waals surface area contributed by atoms with Crippen LogP contribution in [0.25, 0.3) is 21.2 Å². The largest absolute Gasteiger partial charge is 0.497 e. The molecule has 27 heavy (non-hydrogen) atoms. The van der Waals surface area contributed by atoms with Crippen molar-refractivity contribution in [3.8, 4) is 28.0 Å². The van der Waals surface area contributed by atoms with Crippen LogP contribution in [0.2, 0.25) is 0 Å². The molecule has 2 aromatic carbocycles. The number of pyridine rings is 1. The van der Waals surface area contributed by atoms with Crippen molar-refractivity contribution in [3.05, 3.63) is 83.5 Å². The van der Waals surface area contributed by atoms with Crippen molar-refractivity contribution >= 4 is 22.1 Å². The minimum absolute atomic E-state index is 0.848. The second-order valence-electron chi connectivity index (χ2n) is 6.29. The molecule has 0 fully saturated rings. The summed E-state index contributed by atoms with van der Waals surface area (Å²) in [4.78, 5) is 5.41. The number of methoxy groups -OCH3 is 1. The standard InChI is InChI=1S/C24H19NOS/c1-26-23-10-6-18(7-11-23)4-2-3-5-19-14-24(27-17-19)21-8-9-22-16-25-13-12-20(22)15-21/h6-17H,2,4H2,1H3.